The number of amides is 1. The van der Waals surface area contributed by atoms with Gasteiger partial charge in [0, 0.05) is 19.6 Å². The fraction of sp³-hybridized carbons (Fsp3) is 0.667. The van der Waals surface area contributed by atoms with Crippen molar-refractivity contribution in [1.29, 1.82) is 0 Å². The van der Waals surface area contributed by atoms with Crippen LogP contribution in [0.2, 0.25) is 0 Å². The Bertz CT molecular complexity index is 679. The second-order valence-electron chi connectivity index (χ2n) is 7.67. The smallest absolute Gasteiger partial charge is 0.256 e. The van der Waals surface area contributed by atoms with Crippen molar-refractivity contribution >= 4 is 11.7 Å². The van der Waals surface area contributed by atoms with Crippen molar-refractivity contribution in [3.63, 3.8) is 0 Å². The van der Waals surface area contributed by atoms with Gasteiger partial charge in [-0.15, -0.1) is 0 Å². The summed E-state index contributed by atoms with van der Waals surface area (Å²) in [6.45, 7) is 2.10. The molecule has 0 radical (unpaired) electrons. The fourth-order valence-corrected chi connectivity index (χ4v) is 4.81. The largest absolute Gasteiger partial charge is 0.392 e. The van der Waals surface area contributed by atoms with E-state index in [1.165, 1.54) is 19.3 Å². The van der Waals surface area contributed by atoms with E-state index >= 15 is 0 Å². The summed E-state index contributed by atoms with van der Waals surface area (Å²) in [6.07, 6.45) is 8.35. The molecule has 3 N–H and O–H groups in total. The van der Waals surface area contributed by atoms with Gasteiger partial charge in [-0.2, -0.15) is 5.10 Å². The van der Waals surface area contributed by atoms with Crippen molar-refractivity contribution in [2.45, 2.75) is 44.8 Å². The molecule has 0 spiro atoms. The lowest BCUT2D eigenvalue weighted by Gasteiger charge is -2.21. The Morgan fingerprint density at radius 1 is 1.50 bits per heavy atom. The lowest BCUT2D eigenvalue weighted by Crippen LogP contribution is -2.38. The first-order valence-electron chi connectivity index (χ1n) is 8.96. The Morgan fingerprint density at radius 2 is 2.33 bits per heavy atom. The number of carbonyl (C=O) groups excluding carboxylic acids is 1. The van der Waals surface area contributed by atoms with E-state index in [2.05, 4.69) is 21.8 Å². The monoisotopic (exact) mass is 330 g/mol. The van der Waals surface area contributed by atoms with Crippen LogP contribution < -0.4 is 10.6 Å². The number of carbonyl (C=O) groups is 1. The number of nitrogens with zero attached hydrogens (tertiary/aromatic N) is 2. The highest BCUT2D eigenvalue weighted by Gasteiger charge is 2.48. The maximum Gasteiger partial charge on any atom is 0.256 e. The minimum Gasteiger partial charge on any atom is -0.392 e. The van der Waals surface area contributed by atoms with Crippen molar-refractivity contribution in [2.24, 2.45) is 24.8 Å². The third kappa shape index (κ3) is 2.62. The number of nitrogens with one attached hydrogen (secondary N) is 2. The van der Waals surface area contributed by atoms with E-state index < -0.39 is 6.10 Å². The van der Waals surface area contributed by atoms with Gasteiger partial charge >= 0.3 is 0 Å². The van der Waals surface area contributed by atoms with Gasteiger partial charge in [0.15, 0.2) is 0 Å². The van der Waals surface area contributed by atoms with E-state index in [-0.39, 0.29) is 11.9 Å². The summed E-state index contributed by atoms with van der Waals surface area (Å²) in [5.41, 5.74) is 2.12. The first-order chi connectivity index (χ1) is 11.5. The van der Waals surface area contributed by atoms with E-state index in [1.54, 1.807) is 30.4 Å². The molecule has 24 heavy (non-hydrogen) atoms. The fourth-order valence-electron chi connectivity index (χ4n) is 4.81. The molecule has 5 atom stereocenters. The number of rotatable bonds is 5. The zero-order valence-corrected chi connectivity index (χ0v) is 14.3. The third-order valence-electron chi connectivity index (χ3n) is 5.94. The zero-order valence-electron chi connectivity index (χ0n) is 14.3. The molecule has 6 nitrogen and oxygen atoms in total. The SMILES string of the molecule is CC(O)CNc1c(C(=O)NC2CC3=CCC4CC3C2C4)cnn1C. The number of hydrogen-bond donors (Lipinski definition) is 3. The minimum atomic E-state index is -0.479. The van der Waals surface area contributed by atoms with Crippen LogP contribution in [-0.4, -0.2) is 39.5 Å². The van der Waals surface area contributed by atoms with Gasteiger partial charge in [0.2, 0.25) is 0 Å². The molecule has 2 fully saturated rings. The summed E-state index contributed by atoms with van der Waals surface area (Å²) in [6, 6.07) is 0.254. The first-order valence-corrected chi connectivity index (χ1v) is 8.96. The standard InChI is InChI=1S/C18H26N4O2/c1-10(23)8-19-17-15(9-20-22(17)2)18(24)21-16-7-12-4-3-11-5-13(12)14(16)6-11/h4,9-11,13-14,16,19,23H,3,5-8H2,1-2H3,(H,21,24). The Labute approximate surface area is 142 Å². The molecular weight excluding hydrogens is 304 g/mol. The van der Waals surface area contributed by atoms with Crippen LogP contribution in [0.15, 0.2) is 17.8 Å². The molecule has 3 aliphatic rings. The average Bonchev–Trinajstić information content (AvgIpc) is 3.16. The lowest BCUT2D eigenvalue weighted by molar-refractivity contribution is 0.0926. The third-order valence-corrected chi connectivity index (χ3v) is 5.94. The van der Waals surface area contributed by atoms with Crippen LogP contribution in [-0.2, 0) is 7.05 Å². The highest BCUT2D eigenvalue weighted by Crippen LogP contribution is 2.54. The van der Waals surface area contributed by atoms with Crippen molar-refractivity contribution in [1.82, 2.24) is 15.1 Å². The lowest BCUT2D eigenvalue weighted by atomic mass is 9.89. The summed E-state index contributed by atoms with van der Waals surface area (Å²) in [4.78, 5) is 12.8. The molecule has 130 valence electrons. The second-order valence-corrected chi connectivity index (χ2v) is 7.67. The normalized spacial score (nSPS) is 31.7. The van der Waals surface area contributed by atoms with Crippen LogP contribution in [0, 0.1) is 17.8 Å². The maximum atomic E-state index is 12.8. The van der Waals surface area contributed by atoms with E-state index in [4.69, 9.17) is 0 Å². The zero-order chi connectivity index (χ0) is 16.8. The van der Waals surface area contributed by atoms with Crippen molar-refractivity contribution in [3.05, 3.63) is 23.4 Å². The summed E-state index contributed by atoms with van der Waals surface area (Å²) in [5, 5.41) is 20.0. The quantitative estimate of drug-likeness (QED) is 0.718. The highest BCUT2D eigenvalue weighted by molar-refractivity contribution is 5.99. The molecule has 1 amide bonds. The number of aliphatic hydroxyl groups is 1. The molecule has 1 aromatic rings. The van der Waals surface area contributed by atoms with E-state index in [9.17, 15) is 9.90 Å². The summed E-state index contributed by atoms with van der Waals surface area (Å²) in [7, 11) is 1.80. The summed E-state index contributed by atoms with van der Waals surface area (Å²) < 4.78 is 1.65. The molecule has 2 saturated carbocycles. The van der Waals surface area contributed by atoms with Gasteiger partial charge in [-0.25, -0.2) is 0 Å². The number of aromatic nitrogens is 2. The number of fused-ring (bicyclic) bond motifs is 1. The van der Waals surface area contributed by atoms with Gasteiger partial charge in [-0.1, -0.05) is 11.6 Å². The van der Waals surface area contributed by atoms with E-state index in [1.807, 2.05) is 0 Å². The molecule has 1 heterocycles. The molecule has 6 heteroatoms. The number of aryl methyl sites for hydroxylation is 1. The Balaban J connectivity index is 1.47. The summed E-state index contributed by atoms with van der Waals surface area (Å²) in [5.74, 6) is 2.74. The Hall–Kier alpha value is -1.82. The van der Waals surface area contributed by atoms with Crippen LogP contribution in [0.25, 0.3) is 0 Å². The van der Waals surface area contributed by atoms with Gasteiger partial charge in [-0.3, -0.25) is 9.48 Å². The predicted molar refractivity (Wildman–Crippen MR) is 91.7 cm³/mol. The number of hydrogen-bond acceptors (Lipinski definition) is 4. The van der Waals surface area contributed by atoms with Crippen LogP contribution in [0.5, 0.6) is 0 Å². The molecule has 0 aliphatic heterocycles. The predicted octanol–water partition coefficient (Wildman–Crippen LogP) is 1.69. The topological polar surface area (TPSA) is 79.2 Å². The van der Waals surface area contributed by atoms with Crippen LogP contribution in [0.3, 0.4) is 0 Å². The molecule has 3 aliphatic carbocycles. The van der Waals surface area contributed by atoms with Crippen molar-refractivity contribution in [2.75, 3.05) is 11.9 Å². The second kappa shape index (κ2) is 5.92. The summed E-state index contributed by atoms with van der Waals surface area (Å²) >= 11 is 0. The number of aliphatic hydroxyl groups excluding tert-OH is 1. The van der Waals surface area contributed by atoms with E-state index in [0.29, 0.717) is 29.8 Å². The average molecular weight is 330 g/mol. The number of allylic oxidation sites excluding steroid dienone is 1. The maximum absolute atomic E-state index is 12.8. The molecule has 5 unspecified atom stereocenters. The van der Waals surface area contributed by atoms with Crippen molar-refractivity contribution in [3.8, 4) is 0 Å². The molecule has 4 rings (SSSR count). The van der Waals surface area contributed by atoms with Gasteiger partial charge in [-0.05, 0) is 50.4 Å². The molecule has 0 aromatic carbocycles. The van der Waals surface area contributed by atoms with Gasteiger partial charge < -0.3 is 15.7 Å². The van der Waals surface area contributed by atoms with Crippen molar-refractivity contribution < 1.29 is 9.90 Å². The Kier molecular flexibility index (Phi) is 3.87. The van der Waals surface area contributed by atoms with Crippen LogP contribution in [0.1, 0.15) is 43.0 Å². The van der Waals surface area contributed by atoms with Gasteiger partial charge in [0.1, 0.15) is 11.4 Å². The highest BCUT2D eigenvalue weighted by atomic mass is 16.3. The van der Waals surface area contributed by atoms with Crippen LogP contribution in [0.4, 0.5) is 5.82 Å². The molecule has 0 saturated heterocycles. The molecular formula is C18H26N4O2. The Morgan fingerprint density at radius 3 is 3.12 bits per heavy atom. The molecule has 2 bridgehead atoms. The first kappa shape index (κ1) is 15.7. The van der Waals surface area contributed by atoms with Gasteiger partial charge in [0.25, 0.3) is 5.91 Å². The van der Waals surface area contributed by atoms with Crippen LogP contribution >= 0.6 is 0 Å². The molecule has 1 aromatic heterocycles. The van der Waals surface area contributed by atoms with E-state index in [0.717, 1.165) is 12.3 Å². The number of anilines is 1. The minimum absolute atomic E-state index is 0.0646. The van der Waals surface area contributed by atoms with Gasteiger partial charge in [0.05, 0.1) is 12.3 Å².